The van der Waals surface area contributed by atoms with Crippen molar-refractivity contribution in [3.8, 4) is 0 Å². The third kappa shape index (κ3) is 2.43. The Morgan fingerprint density at radius 3 is 2.70 bits per heavy atom. The van der Waals surface area contributed by atoms with Crippen molar-refractivity contribution >= 4 is 0 Å². The van der Waals surface area contributed by atoms with Gasteiger partial charge in [-0.3, -0.25) is 0 Å². The number of aromatic nitrogens is 4. The molecule has 0 saturated carbocycles. The summed E-state index contributed by atoms with van der Waals surface area (Å²) < 4.78 is 1.71. The number of tetrazole rings is 1. The van der Waals surface area contributed by atoms with Crippen LogP contribution in [0, 0.1) is 0 Å². The molecule has 1 heterocycles. The lowest BCUT2D eigenvalue weighted by Gasteiger charge is -2.33. The molecule has 0 fully saturated rings. The van der Waals surface area contributed by atoms with Crippen LogP contribution in [0.3, 0.4) is 0 Å². The molecule has 1 aliphatic rings. The van der Waals surface area contributed by atoms with Crippen LogP contribution in [-0.2, 0) is 18.6 Å². The van der Waals surface area contributed by atoms with E-state index in [9.17, 15) is 5.11 Å². The van der Waals surface area contributed by atoms with Crippen molar-refractivity contribution in [2.45, 2.75) is 31.4 Å². The van der Waals surface area contributed by atoms with E-state index in [0.29, 0.717) is 18.8 Å². The van der Waals surface area contributed by atoms with Gasteiger partial charge in [0.15, 0.2) is 11.4 Å². The van der Waals surface area contributed by atoms with Gasteiger partial charge >= 0.3 is 0 Å². The maximum absolute atomic E-state index is 11.4. The largest absolute Gasteiger partial charge is 0.377 e. The Hall–Kier alpha value is -2.53. The maximum atomic E-state index is 11.4. The molecule has 1 N–H and O–H groups in total. The molecule has 0 saturated heterocycles. The predicted octanol–water partition coefficient (Wildman–Crippen LogP) is 2.29. The second-order valence-electron chi connectivity index (χ2n) is 6.02. The highest BCUT2D eigenvalue weighted by Gasteiger charge is 2.40. The summed E-state index contributed by atoms with van der Waals surface area (Å²) in [6, 6.07) is 18.1. The summed E-state index contributed by atoms with van der Waals surface area (Å²) in [5.41, 5.74) is 2.09. The smallest absolute Gasteiger partial charge is 0.188 e. The number of benzene rings is 2. The van der Waals surface area contributed by atoms with Crippen LogP contribution in [0.1, 0.15) is 35.4 Å². The van der Waals surface area contributed by atoms with Crippen molar-refractivity contribution in [3.63, 3.8) is 0 Å². The summed E-state index contributed by atoms with van der Waals surface area (Å²) in [5, 5.41) is 23.5. The third-order valence-electron chi connectivity index (χ3n) is 4.52. The fourth-order valence-electron chi connectivity index (χ4n) is 3.41. The first-order chi connectivity index (χ1) is 11.3. The van der Waals surface area contributed by atoms with Gasteiger partial charge in [-0.25, -0.2) is 4.68 Å². The first-order valence-corrected chi connectivity index (χ1v) is 7.89. The molecule has 0 amide bonds. The van der Waals surface area contributed by atoms with Crippen LogP contribution in [0.15, 0.2) is 54.6 Å². The molecule has 0 aliphatic heterocycles. The van der Waals surface area contributed by atoms with Crippen LogP contribution in [-0.4, -0.2) is 25.3 Å². The topological polar surface area (TPSA) is 63.8 Å². The van der Waals surface area contributed by atoms with E-state index < -0.39 is 5.60 Å². The summed E-state index contributed by atoms with van der Waals surface area (Å²) in [6.07, 6.45) is 2.55. The average Bonchev–Trinajstić information content (AvgIpc) is 3.05. The quantitative estimate of drug-likeness (QED) is 0.806. The Labute approximate surface area is 134 Å². The van der Waals surface area contributed by atoms with Gasteiger partial charge in [-0.15, -0.1) is 5.10 Å². The number of fused-ring (bicyclic) bond motifs is 1. The molecular formula is C18H18N4O. The molecule has 116 valence electrons. The summed E-state index contributed by atoms with van der Waals surface area (Å²) in [5.74, 6) is 0.522. The Kier molecular flexibility index (Phi) is 3.42. The highest BCUT2D eigenvalue weighted by atomic mass is 16.3. The van der Waals surface area contributed by atoms with Crippen molar-refractivity contribution in [2.24, 2.45) is 0 Å². The van der Waals surface area contributed by atoms with Gasteiger partial charge in [0.2, 0.25) is 0 Å². The van der Waals surface area contributed by atoms with E-state index >= 15 is 0 Å². The lowest BCUT2D eigenvalue weighted by molar-refractivity contribution is 0.0478. The minimum Gasteiger partial charge on any atom is -0.377 e. The Morgan fingerprint density at radius 1 is 1.04 bits per heavy atom. The first kappa shape index (κ1) is 14.1. The van der Waals surface area contributed by atoms with Gasteiger partial charge in [-0.2, -0.15) is 0 Å². The Balaban J connectivity index is 1.76. The second kappa shape index (κ2) is 5.59. The summed E-state index contributed by atoms with van der Waals surface area (Å²) >= 11 is 0. The number of hydrogen-bond donors (Lipinski definition) is 1. The molecule has 0 radical (unpaired) electrons. The SMILES string of the molecule is OC1(c2nnnn2Cc2ccccc2)CCCc2ccccc21. The highest BCUT2D eigenvalue weighted by molar-refractivity contribution is 5.39. The van der Waals surface area contributed by atoms with Gasteiger partial charge in [0.1, 0.15) is 0 Å². The number of rotatable bonds is 3. The molecular weight excluding hydrogens is 288 g/mol. The van der Waals surface area contributed by atoms with Gasteiger partial charge in [-0.1, -0.05) is 54.6 Å². The van der Waals surface area contributed by atoms with E-state index in [0.717, 1.165) is 24.0 Å². The highest BCUT2D eigenvalue weighted by Crippen LogP contribution is 2.39. The fourth-order valence-corrected chi connectivity index (χ4v) is 3.41. The van der Waals surface area contributed by atoms with E-state index in [4.69, 9.17) is 0 Å². The van der Waals surface area contributed by atoms with Crippen molar-refractivity contribution < 1.29 is 5.11 Å². The lowest BCUT2D eigenvalue weighted by Crippen LogP contribution is -2.35. The molecule has 0 bridgehead atoms. The van der Waals surface area contributed by atoms with Gasteiger partial charge in [0.25, 0.3) is 0 Å². The average molecular weight is 306 g/mol. The number of aryl methyl sites for hydroxylation is 1. The molecule has 4 rings (SSSR count). The number of nitrogens with zero attached hydrogens (tertiary/aromatic N) is 4. The molecule has 2 aromatic carbocycles. The lowest BCUT2D eigenvalue weighted by atomic mass is 9.78. The monoisotopic (exact) mass is 306 g/mol. The van der Waals surface area contributed by atoms with Crippen LogP contribution < -0.4 is 0 Å². The van der Waals surface area contributed by atoms with Crippen LogP contribution in [0.5, 0.6) is 0 Å². The minimum atomic E-state index is -1.12. The van der Waals surface area contributed by atoms with Gasteiger partial charge < -0.3 is 5.11 Å². The Bertz CT molecular complexity index is 815. The molecule has 1 aliphatic carbocycles. The maximum Gasteiger partial charge on any atom is 0.188 e. The molecule has 5 heteroatoms. The van der Waals surface area contributed by atoms with Crippen LogP contribution in [0.25, 0.3) is 0 Å². The number of hydrogen-bond acceptors (Lipinski definition) is 4. The van der Waals surface area contributed by atoms with Crippen LogP contribution in [0.4, 0.5) is 0 Å². The summed E-state index contributed by atoms with van der Waals surface area (Å²) in [6.45, 7) is 0.549. The molecule has 1 unspecified atom stereocenters. The summed E-state index contributed by atoms with van der Waals surface area (Å²) in [7, 11) is 0. The van der Waals surface area contributed by atoms with Crippen molar-refractivity contribution in [1.82, 2.24) is 20.2 Å². The minimum absolute atomic E-state index is 0.522. The molecule has 5 nitrogen and oxygen atoms in total. The van der Waals surface area contributed by atoms with Gasteiger partial charge in [0, 0.05) is 0 Å². The third-order valence-corrected chi connectivity index (χ3v) is 4.52. The zero-order valence-corrected chi connectivity index (χ0v) is 12.8. The summed E-state index contributed by atoms with van der Waals surface area (Å²) in [4.78, 5) is 0. The molecule has 1 aromatic heterocycles. The predicted molar refractivity (Wildman–Crippen MR) is 85.7 cm³/mol. The molecule has 3 aromatic rings. The van der Waals surface area contributed by atoms with Crippen LogP contribution >= 0.6 is 0 Å². The van der Waals surface area contributed by atoms with Crippen molar-refractivity contribution in [3.05, 3.63) is 77.1 Å². The fraction of sp³-hybridized carbons (Fsp3) is 0.278. The van der Waals surface area contributed by atoms with E-state index in [1.807, 2.05) is 48.5 Å². The standard InChI is InChI=1S/C18H18N4O/c23-18(12-6-10-15-9-4-5-11-16(15)18)17-19-20-21-22(17)13-14-7-2-1-3-8-14/h1-5,7-9,11,23H,6,10,12-13H2. The van der Waals surface area contributed by atoms with Crippen molar-refractivity contribution in [2.75, 3.05) is 0 Å². The second-order valence-corrected chi connectivity index (χ2v) is 6.02. The van der Waals surface area contributed by atoms with E-state index in [1.54, 1.807) is 4.68 Å². The van der Waals surface area contributed by atoms with Crippen LogP contribution in [0.2, 0.25) is 0 Å². The molecule has 23 heavy (non-hydrogen) atoms. The van der Waals surface area contributed by atoms with E-state index in [2.05, 4.69) is 21.6 Å². The molecule has 1 atom stereocenters. The van der Waals surface area contributed by atoms with E-state index in [1.165, 1.54) is 5.56 Å². The zero-order valence-electron chi connectivity index (χ0n) is 12.8. The van der Waals surface area contributed by atoms with E-state index in [-0.39, 0.29) is 0 Å². The molecule has 0 spiro atoms. The van der Waals surface area contributed by atoms with Gasteiger partial charge in [-0.05, 0) is 46.4 Å². The Morgan fingerprint density at radius 2 is 1.83 bits per heavy atom. The number of aliphatic hydroxyl groups is 1. The zero-order chi connectivity index (χ0) is 15.7. The normalized spacial score (nSPS) is 20.2. The van der Waals surface area contributed by atoms with Crippen molar-refractivity contribution in [1.29, 1.82) is 0 Å². The van der Waals surface area contributed by atoms with Gasteiger partial charge in [0.05, 0.1) is 6.54 Å². The first-order valence-electron chi connectivity index (χ1n) is 7.89.